The lowest BCUT2D eigenvalue weighted by molar-refractivity contribution is -0.0435. The molecule has 3 heterocycles. The third kappa shape index (κ3) is 2.71. The average molecular weight is 355 g/mol. The van der Waals surface area contributed by atoms with Gasteiger partial charge in [-0.05, 0) is 0 Å². The van der Waals surface area contributed by atoms with Crippen molar-refractivity contribution in [2.75, 3.05) is 6.61 Å². The van der Waals surface area contributed by atoms with Crippen LogP contribution in [0.1, 0.15) is 12.6 Å². The Morgan fingerprint density at radius 3 is 2.81 bits per heavy atom. The van der Waals surface area contributed by atoms with Crippen molar-refractivity contribution in [1.29, 1.82) is 5.41 Å². The summed E-state index contributed by atoms with van der Waals surface area (Å²) in [6.45, 7) is -0.312. The van der Waals surface area contributed by atoms with Crippen LogP contribution in [0.5, 0.6) is 0 Å². The maximum absolute atomic E-state index is 12.6. The first-order valence-corrected chi connectivity index (χ1v) is 8.14. The van der Waals surface area contributed by atoms with Gasteiger partial charge in [0.1, 0.15) is 35.5 Å². The summed E-state index contributed by atoms with van der Waals surface area (Å²) in [6, 6.07) is 8.97. The van der Waals surface area contributed by atoms with Gasteiger partial charge >= 0.3 is 0 Å². The molecule has 0 amide bonds. The van der Waals surface area contributed by atoms with Gasteiger partial charge in [-0.1, -0.05) is 30.3 Å². The molecule has 0 bridgehead atoms. The molecule has 134 valence electrons. The van der Waals surface area contributed by atoms with E-state index in [1.54, 1.807) is 24.3 Å². The molecule has 26 heavy (non-hydrogen) atoms. The van der Waals surface area contributed by atoms with Crippen LogP contribution in [0.2, 0.25) is 0 Å². The maximum atomic E-state index is 12.6. The summed E-state index contributed by atoms with van der Waals surface area (Å²) < 4.78 is 7.15. The van der Waals surface area contributed by atoms with E-state index in [2.05, 4.69) is 15.0 Å². The summed E-state index contributed by atoms with van der Waals surface area (Å²) in [5.41, 5.74) is 0.856. The molecular weight excluding hydrogens is 338 g/mol. The Morgan fingerprint density at radius 1 is 1.35 bits per heavy atom. The number of nitrogens with zero attached hydrogens (tertiary/aromatic N) is 3. The number of rotatable bonds is 3. The molecule has 4 rings (SSSR count). The molecule has 0 saturated carbocycles. The average Bonchev–Trinajstić information content (AvgIpc) is 3.03. The van der Waals surface area contributed by atoms with Crippen LogP contribution in [0.25, 0.3) is 22.4 Å². The lowest BCUT2D eigenvalue weighted by atomic mass is 10.1. The second kappa shape index (κ2) is 6.45. The number of fused-ring (bicyclic) bond motifs is 1. The minimum Gasteiger partial charge on any atom is -0.394 e. The van der Waals surface area contributed by atoms with E-state index in [0.717, 1.165) is 0 Å². The van der Waals surface area contributed by atoms with Gasteiger partial charge < -0.3 is 19.9 Å². The van der Waals surface area contributed by atoms with Crippen molar-refractivity contribution in [3.05, 3.63) is 52.5 Å². The predicted molar refractivity (Wildman–Crippen MR) is 91.1 cm³/mol. The van der Waals surface area contributed by atoms with Crippen molar-refractivity contribution >= 4 is 11.2 Å². The van der Waals surface area contributed by atoms with Crippen molar-refractivity contribution in [3.63, 3.8) is 0 Å². The smallest absolute Gasteiger partial charge is 0.276 e. The summed E-state index contributed by atoms with van der Waals surface area (Å²) in [4.78, 5) is 23.7. The third-order valence-corrected chi connectivity index (χ3v) is 4.43. The molecule has 1 saturated heterocycles. The molecule has 1 aliphatic heterocycles. The molecular formula is C17H17N5O4. The molecule has 4 N–H and O–H groups in total. The Labute approximate surface area is 147 Å². The summed E-state index contributed by atoms with van der Waals surface area (Å²) in [5, 5.41) is 27.2. The number of ether oxygens (including phenoxy) is 1. The topological polar surface area (TPSA) is 137 Å². The van der Waals surface area contributed by atoms with Crippen molar-refractivity contribution in [2.24, 2.45) is 0 Å². The number of aliphatic hydroxyl groups is 2. The third-order valence-electron chi connectivity index (χ3n) is 4.43. The van der Waals surface area contributed by atoms with Gasteiger partial charge in [0.25, 0.3) is 5.56 Å². The van der Waals surface area contributed by atoms with Crippen molar-refractivity contribution in [1.82, 2.24) is 19.5 Å². The van der Waals surface area contributed by atoms with E-state index in [1.165, 1.54) is 10.9 Å². The van der Waals surface area contributed by atoms with Crippen LogP contribution in [-0.2, 0) is 4.74 Å². The number of hydrogen-bond donors (Lipinski definition) is 4. The molecule has 1 fully saturated rings. The highest BCUT2D eigenvalue weighted by molar-refractivity contribution is 5.72. The normalized spacial score (nSPS) is 22.8. The number of nitrogens with one attached hydrogen (secondary N) is 2. The summed E-state index contributed by atoms with van der Waals surface area (Å²) in [5.74, 6) is 0. The van der Waals surface area contributed by atoms with E-state index in [0.29, 0.717) is 5.56 Å². The molecule has 3 atom stereocenters. The Balaban J connectivity index is 1.88. The summed E-state index contributed by atoms with van der Waals surface area (Å²) in [6.07, 6.45) is -0.570. The van der Waals surface area contributed by atoms with Gasteiger partial charge in [-0.25, -0.2) is 9.97 Å². The summed E-state index contributed by atoms with van der Waals surface area (Å²) in [7, 11) is 0. The monoisotopic (exact) mass is 355 g/mol. The standard InChI is InChI=1S/C17H17N5O4/c18-15-14-16(21-17(25)13(20-14)9-4-2-1-3-5-9)22(8-19-15)12-6-10(24)11(7-23)26-12/h1-5,8,10-12,18,23-24H,6-7H2,(H,21,25)/t10-,11+,12-/m0/s1. The minimum absolute atomic E-state index is 0.0815. The van der Waals surface area contributed by atoms with Gasteiger partial charge in [0, 0.05) is 12.0 Å². The van der Waals surface area contributed by atoms with Crippen molar-refractivity contribution < 1.29 is 14.9 Å². The summed E-state index contributed by atoms with van der Waals surface area (Å²) >= 11 is 0. The van der Waals surface area contributed by atoms with Gasteiger partial charge in [0.15, 0.2) is 5.49 Å². The largest absolute Gasteiger partial charge is 0.394 e. The molecule has 0 unspecified atom stereocenters. The highest BCUT2D eigenvalue weighted by Crippen LogP contribution is 2.29. The fourth-order valence-corrected chi connectivity index (χ4v) is 3.09. The molecule has 1 aromatic carbocycles. The molecule has 0 spiro atoms. The van der Waals surface area contributed by atoms with Gasteiger partial charge in [-0.2, -0.15) is 0 Å². The predicted octanol–water partition coefficient (Wildman–Crippen LogP) is -0.0932. The quantitative estimate of drug-likeness (QED) is 0.518. The molecule has 0 radical (unpaired) electrons. The fourth-order valence-electron chi connectivity index (χ4n) is 3.09. The van der Waals surface area contributed by atoms with Crippen LogP contribution in [0, 0.1) is 5.41 Å². The first kappa shape index (κ1) is 16.6. The molecule has 2 aromatic heterocycles. The number of aromatic amines is 1. The number of aliphatic hydroxyl groups excluding tert-OH is 2. The lowest BCUT2D eigenvalue weighted by Gasteiger charge is -2.17. The van der Waals surface area contributed by atoms with E-state index in [1.807, 2.05) is 6.07 Å². The number of H-pyrrole nitrogens is 1. The van der Waals surface area contributed by atoms with E-state index < -0.39 is 24.0 Å². The highest BCUT2D eigenvalue weighted by atomic mass is 16.5. The Bertz CT molecular complexity index is 1060. The van der Waals surface area contributed by atoms with Crippen LogP contribution in [0.3, 0.4) is 0 Å². The minimum atomic E-state index is -0.827. The second-order valence-electron chi connectivity index (χ2n) is 6.09. The van der Waals surface area contributed by atoms with Gasteiger partial charge in [0.2, 0.25) is 0 Å². The molecule has 9 heteroatoms. The van der Waals surface area contributed by atoms with Gasteiger partial charge in [0.05, 0.1) is 12.7 Å². The zero-order valence-corrected chi connectivity index (χ0v) is 13.7. The van der Waals surface area contributed by atoms with E-state index in [-0.39, 0.29) is 35.4 Å². The van der Waals surface area contributed by atoms with Crippen LogP contribution in [0.15, 0.2) is 41.5 Å². The Morgan fingerprint density at radius 2 is 2.12 bits per heavy atom. The molecule has 1 aliphatic rings. The van der Waals surface area contributed by atoms with Crippen LogP contribution in [0.4, 0.5) is 0 Å². The van der Waals surface area contributed by atoms with Crippen LogP contribution in [-0.4, -0.2) is 48.5 Å². The zero-order chi connectivity index (χ0) is 18.3. The number of hydrogen-bond acceptors (Lipinski definition) is 7. The van der Waals surface area contributed by atoms with Crippen molar-refractivity contribution in [3.8, 4) is 11.3 Å². The SMILES string of the molecule is N=c1ncn([C@@H]2C[C@H](O)[C@@H](CO)O2)c2[nH]c(=O)c(-c3ccccc3)nc12. The maximum Gasteiger partial charge on any atom is 0.276 e. The molecule has 3 aromatic rings. The first-order valence-electron chi connectivity index (χ1n) is 8.14. The number of aromatic nitrogens is 4. The molecule has 0 aliphatic carbocycles. The van der Waals surface area contributed by atoms with E-state index in [9.17, 15) is 15.0 Å². The second-order valence-corrected chi connectivity index (χ2v) is 6.09. The van der Waals surface area contributed by atoms with Gasteiger partial charge in [-0.15, -0.1) is 0 Å². The highest BCUT2D eigenvalue weighted by Gasteiger charge is 2.35. The van der Waals surface area contributed by atoms with Crippen LogP contribution >= 0.6 is 0 Å². The number of benzene rings is 1. The Hall–Kier alpha value is -2.88. The lowest BCUT2D eigenvalue weighted by Crippen LogP contribution is -2.25. The Kier molecular flexibility index (Phi) is 4.11. The van der Waals surface area contributed by atoms with Gasteiger partial charge in [-0.3, -0.25) is 14.8 Å². The molecule has 9 nitrogen and oxygen atoms in total. The zero-order valence-electron chi connectivity index (χ0n) is 13.7. The fraction of sp³-hybridized carbons (Fsp3) is 0.294. The van der Waals surface area contributed by atoms with E-state index in [4.69, 9.17) is 10.1 Å². The van der Waals surface area contributed by atoms with Crippen LogP contribution < -0.4 is 11.0 Å². The first-order chi connectivity index (χ1) is 12.6. The van der Waals surface area contributed by atoms with E-state index >= 15 is 0 Å². The van der Waals surface area contributed by atoms with Crippen molar-refractivity contribution in [2.45, 2.75) is 24.9 Å².